The van der Waals surface area contributed by atoms with Gasteiger partial charge in [-0.2, -0.15) is 0 Å². The molecule has 0 unspecified atom stereocenters. The second-order valence-electron chi connectivity index (χ2n) is 3.86. The number of hydroxylamine groups is 2. The predicted octanol–water partition coefficient (Wildman–Crippen LogP) is 3.53. The molecule has 0 saturated heterocycles. The largest absolute Gasteiger partial charge is 0.756 e. The fourth-order valence-corrected chi connectivity index (χ4v) is 2.07. The number of hydrogen-bond acceptors (Lipinski definition) is 3. The van der Waals surface area contributed by atoms with Crippen LogP contribution in [-0.2, 0) is 6.54 Å². The van der Waals surface area contributed by atoms with Gasteiger partial charge >= 0.3 is 0 Å². The summed E-state index contributed by atoms with van der Waals surface area (Å²) in [5.41, 5.74) is 0.869. The van der Waals surface area contributed by atoms with Crippen LogP contribution in [0.15, 0.2) is 42.7 Å². The average Bonchev–Trinajstić information content (AvgIpc) is 2.37. The van der Waals surface area contributed by atoms with E-state index in [0.29, 0.717) is 20.7 Å². The monoisotopic (exact) mass is 295 g/mol. The third-order valence-corrected chi connectivity index (χ3v) is 2.85. The zero-order valence-corrected chi connectivity index (χ0v) is 11.2. The summed E-state index contributed by atoms with van der Waals surface area (Å²) >= 11 is 11.6. The number of hydrogen-bond donors (Lipinski definition) is 0. The first-order valence-electron chi connectivity index (χ1n) is 5.40. The van der Waals surface area contributed by atoms with E-state index >= 15 is 0 Å². The van der Waals surface area contributed by atoms with Gasteiger partial charge in [0, 0.05) is 34.5 Å². The van der Waals surface area contributed by atoms with Gasteiger partial charge in [0.25, 0.3) is 0 Å². The van der Waals surface area contributed by atoms with Gasteiger partial charge in [-0.3, -0.25) is 9.78 Å². The summed E-state index contributed by atoms with van der Waals surface area (Å²) < 4.78 is 0. The van der Waals surface area contributed by atoms with Crippen molar-refractivity contribution in [2.75, 3.05) is 0 Å². The van der Waals surface area contributed by atoms with Gasteiger partial charge in [0.2, 0.25) is 5.91 Å². The molecule has 6 heteroatoms. The molecule has 0 fully saturated rings. The molecule has 0 atom stereocenters. The molecule has 1 aromatic heterocycles. The molecule has 0 spiro atoms. The Labute approximate surface area is 120 Å². The molecule has 1 amide bonds. The number of carbonyl (C=O) groups is 1. The zero-order valence-electron chi connectivity index (χ0n) is 9.72. The van der Waals surface area contributed by atoms with E-state index in [1.165, 1.54) is 18.2 Å². The lowest BCUT2D eigenvalue weighted by Crippen LogP contribution is -2.24. The van der Waals surface area contributed by atoms with E-state index in [1.54, 1.807) is 24.5 Å². The molecule has 0 radical (unpaired) electrons. The van der Waals surface area contributed by atoms with Gasteiger partial charge in [-0.15, -0.1) is 0 Å². The first-order valence-corrected chi connectivity index (χ1v) is 6.16. The number of rotatable bonds is 3. The number of pyridine rings is 1. The fourth-order valence-electron chi connectivity index (χ4n) is 1.55. The molecular formula is C13H9Cl2N2O2-. The molecule has 0 saturated carbocycles. The summed E-state index contributed by atoms with van der Waals surface area (Å²) in [5, 5.41) is 12.8. The molecule has 2 aromatic rings. The number of aromatic nitrogens is 1. The lowest BCUT2D eigenvalue weighted by atomic mass is 10.2. The van der Waals surface area contributed by atoms with Crippen molar-refractivity contribution < 1.29 is 4.79 Å². The molecule has 1 heterocycles. The SMILES string of the molecule is O=C(c1cc(Cl)cc(Cl)c1)N([O-])Cc1ccncc1. The zero-order chi connectivity index (χ0) is 13.8. The van der Waals surface area contributed by atoms with E-state index in [9.17, 15) is 10.0 Å². The summed E-state index contributed by atoms with van der Waals surface area (Å²) in [6.45, 7) is -0.0501. The van der Waals surface area contributed by atoms with Crippen molar-refractivity contribution in [2.24, 2.45) is 0 Å². The minimum Gasteiger partial charge on any atom is -0.756 e. The van der Waals surface area contributed by atoms with Gasteiger partial charge in [-0.1, -0.05) is 23.2 Å². The van der Waals surface area contributed by atoms with Crippen LogP contribution in [0.1, 0.15) is 15.9 Å². The van der Waals surface area contributed by atoms with E-state index in [0.717, 1.165) is 0 Å². The Kier molecular flexibility index (Phi) is 4.37. The first kappa shape index (κ1) is 13.8. The van der Waals surface area contributed by atoms with Crippen LogP contribution >= 0.6 is 23.2 Å². The van der Waals surface area contributed by atoms with Crippen molar-refractivity contribution in [3.8, 4) is 0 Å². The van der Waals surface area contributed by atoms with Crippen LogP contribution in [-0.4, -0.2) is 16.0 Å². The van der Waals surface area contributed by atoms with Crippen molar-refractivity contribution in [3.05, 3.63) is 69.1 Å². The number of halogens is 2. The van der Waals surface area contributed by atoms with E-state index in [1.807, 2.05) is 0 Å². The molecule has 2 rings (SSSR count). The first-order chi connectivity index (χ1) is 9.06. The molecule has 0 aliphatic rings. The summed E-state index contributed by atoms with van der Waals surface area (Å²) in [6.07, 6.45) is 3.12. The van der Waals surface area contributed by atoms with Crippen molar-refractivity contribution >= 4 is 29.1 Å². The molecule has 98 valence electrons. The number of carbonyl (C=O) groups excluding carboxylic acids is 1. The quantitative estimate of drug-likeness (QED) is 0.814. The maximum Gasteiger partial charge on any atom is 0.243 e. The lowest BCUT2D eigenvalue weighted by molar-refractivity contribution is 0.0814. The second kappa shape index (κ2) is 6.02. The maximum atomic E-state index is 11.9. The molecule has 0 bridgehead atoms. The van der Waals surface area contributed by atoms with Crippen LogP contribution < -0.4 is 0 Å². The van der Waals surface area contributed by atoms with Gasteiger partial charge in [0.15, 0.2) is 0 Å². The second-order valence-corrected chi connectivity index (χ2v) is 4.73. The Bertz CT molecular complexity index is 570. The Morgan fingerprint density at radius 2 is 1.74 bits per heavy atom. The van der Waals surface area contributed by atoms with E-state index in [4.69, 9.17) is 23.2 Å². The van der Waals surface area contributed by atoms with Crippen molar-refractivity contribution in [1.82, 2.24) is 10.0 Å². The predicted molar refractivity (Wildman–Crippen MR) is 73.9 cm³/mol. The highest BCUT2D eigenvalue weighted by atomic mass is 35.5. The van der Waals surface area contributed by atoms with Crippen LogP contribution in [0.25, 0.3) is 0 Å². The minimum atomic E-state index is -0.679. The van der Waals surface area contributed by atoms with Gasteiger partial charge in [0.05, 0.1) is 0 Å². The molecule has 1 aromatic carbocycles. The smallest absolute Gasteiger partial charge is 0.243 e. The molecule has 0 aliphatic heterocycles. The molecule has 0 N–H and O–H groups in total. The maximum absolute atomic E-state index is 11.9. The van der Waals surface area contributed by atoms with Crippen molar-refractivity contribution in [3.63, 3.8) is 0 Å². The summed E-state index contributed by atoms with van der Waals surface area (Å²) in [5.74, 6) is -0.679. The molecule has 0 aliphatic carbocycles. The third-order valence-electron chi connectivity index (χ3n) is 2.41. The fraction of sp³-hybridized carbons (Fsp3) is 0.0769. The van der Waals surface area contributed by atoms with Gasteiger partial charge < -0.3 is 10.3 Å². The summed E-state index contributed by atoms with van der Waals surface area (Å²) in [4.78, 5) is 15.8. The third kappa shape index (κ3) is 3.67. The van der Waals surface area contributed by atoms with E-state index < -0.39 is 5.91 Å². The van der Waals surface area contributed by atoms with E-state index in [-0.39, 0.29) is 12.1 Å². The molecule has 19 heavy (non-hydrogen) atoms. The number of benzene rings is 1. The van der Waals surface area contributed by atoms with E-state index in [2.05, 4.69) is 4.98 Å². The van der Waals surface area contributed by atoms with Gasteiger partial charge in [0.1, 0.15) is 0 Å². The van der Waals surface area contributed by atoms with Gasteiger partial charge in [-0.25, -0.2) is 0 Å². The highest BCUT2D eigenvalue weighted by molar-refractivity contribution is 6.35. The number of nitrogens with zero attached hydrogens (tertiary/aromatic N) is 2. The van der Waals surface area contributed by atoms with Crippen LogP contribution in [0.4, 0.5) is 0 Å². The minimum absolute atomic E-state index is 0.0501. The Balaban J connectivity index is 2.15. The average molecular weight is 296 g/mol. The topological polar surface area (TPSA) is 56.3 Å². The van der Waals surface area contributed by atoms with Crippen LogP contribution in [0.2, 0.25) is 10.0 Å². The summed E-state index contributed by atoms with van der Waals surface area (Å²) in [6, 6.07) is 7.66. The van der Waals surface area contributed by atoms with Crippen molar-refractivity contribution in [2.45, 2.75) is 6.54 Å². The Morgan fingerprint density at radius 1 is 1.16 bits per heavy atom. The Morgan fingerprint density at radius 3 is 2.32 bits per heavy atom. The molecular weight excluding hydrogens is 287 g/mol. The normalized spacial score (nSPS) is 10.3. The van der Waals surface area contributed by atoms with Gasteiger partial charge in [-0.05, 0) is 35.9 Å². The van der Waals surface area contributed by atoms with Crippen LogP contribution in [0.5, 0.6) is 0 Å². The standard InChI is InChI=1S/C13H9Cl2N2O2/c14-11-5-10(6-12(15)7-11)13(18)17(19)8-9-1-3-16-4-2-9/h1-7H,8H2/q-1. The summed E-state index contributed by atoms with van der Waals surface area (Å²) in [7, 11) is 0. The highest BCUT2D eigenvalue weighted by Gasteiger charge is 2.10. The van der Waals surface area contributed by atoms with Crippen LogP contribution in [0.3, 0.4) is 0 Å². The van der Waals surface area contributed by atoms with Crippen LogP contribution in [0, 0.1) is 5.21 Å². The Hall–Kier alpha value is -1.62. The lowest BCUT2D eigenvalue weighted by Gasteiger charge is -2.28. The van der Waals surface area contributed by atoms with Crippen molar-refractivity contribution in [1.29, 1.82) is 0 Å². The number of amides is 1. The molecule has 4 nitrogen and oxygen atoms in total. The highest BCUT2D eigenvalue weighted by Crippen LogP contribution is 2.20.